The summed E-state index contributed by atoms with van der Waals surface area (Å²) in [6, 6.07) is 24.3. The molecule has 0 saturated carbocycles. The minimum absolute atomic E-state index is 0.136. The van der Waals surface area contributed by atoms with Gasteiger partial charge >= 0.3 is 12.4 Å². The molecule has 0 fully saturated rings. The number of allylic oxidation sites excluding steroid dienone is 6. The van der Waals surface area contributed by atoms with Crippen LogP contribution in [0.5, 0.6) is 0 Å². The molecule has 6 heteroatoms. The van der Waals surface area contributed by atoms with Gasteiger partial charge in [-0.1, -0.05) is 110 Å². The van der Waals surface area contributed by atoms with Crippen LogP contribution in [0.15, 0.2) is 121 Å². The lowest BCUT2D eigenvalue weighted by Gasteiger charge is -2.14. The Balaban J connectivity index is 1.35. The molecule has 1 unspecified atom stereocenters. The Morgan fingerprint density at radius 1 is 0.537 bits per heavy atom. The second-order valence-electron chi connectivity index (χ2n) is 10.1. The number of hydrogen-bond acceptors (Lipinski definition) is 0. The van der Waals surface area contributed by atoms with Gasteiger partial charge in [-0.3, -0.25) is 0 Å². The van der Waals surface area contributed by atoms with Crippen molar-refractivity contribution >= 4 is 5.57 Å². The third-order valence-electron chi connectivity index (χ3n) is 7.10. The van der Waals surface area contributed by atoms with E-state index in [1.54, 1.807) is 12.1 Å². The van der Waals surface area contributed by atoms with Crippen molar-refractivity contribution in [1.29, 1.82) is 0 Å². The van der Waals surface area contributed by atoms with Gasteiger partial charge in [0, 0.05) is 0 Å². The molecular weight excluding hydrogens is 534 g/mol. The molecule has 0 amide bonds. The molecule has 1 aliphatic carbocycles. The number of hydrogen-bond donors (Lipinski definition) is 0. The molecule has 41 heavy (non-hydrogen) atoms. The fourth-order valence-electron chi connectivity index (χ4n) is 4.77. The summed E-state index contributed by atoms with van der Waals surface area (Å²) in [5, 5.41) is 0. The zero-order chi connectivity index (χ0) is 29.2. The number of halogens is 6. The molecule has 0 saturated heterocycles. The summed E-state index contributed by atoms with van der Waals surface area (Å²) in [7, 11) is 0. The predicted octanol–water partition coefficient (Wildman–Crippen LogP) is 11.3. The van der Waals surface area contributed by atoms with Crippen LogP contribution >= 0.6 is 0 Å². The van der Waals surface area contributed by atoms with E-state index in [-0.39, 0.29) is 17.2 Å². The monoisotopic (exact) mass is 560 g/mol. The molecule has 5 rings (SSSR count). The minimum Gasteiger partial charge on any atom is -0.166 e. The van der Waals surface area contributed by atoms with Crippen LogP contribution in [-0.2, 0) is 12.4 Å². The first-order valence-corrected chi connectivity index (χ1v) is 13.1. The number of rotatable bonds is 4. The average molecular weight is 561 g/mol. The molecule has 0 nitrogen and oxygen atoms in total. The van der Waals surface area contributed by atoms with E-state index in [0.717, 1.165) is 51.9 Å². The molecule has 1 aliphatic rings. The Hall–Kier alpha value is -4.32. The van der Waals surface area contributed by atoms with Gasteiger partial charge in [-0.15, -0.1) is 0 Å². The summed E-state index contributed by atoms with van der Waals surface area (Å²) in [4.78, 5) is 0. The van der Waals surface area contributed by atoms with Gasteiger partial charge in [-0.2, -0.15) is 26.3 Å². The highest BCUT2D eigenvalue weighted by atomic mass is 19.4. The lowest BCUT2D eigenvalue weighted by molar-refractivity contribution is -0.143. The summed E-state index contributed by atoms with van der Waals surface area (Å²) >= 11 is 0. The topological polar surface area (TPSA) is 0 Å². The van der Waals surface area contributed by atoms with Crippen LogP contribution in [0.3, 0.4) is 0 Å². The second kappa shape index (κ2) is 11.3. The van der Waals surface area contributed by atoms with Crippen LogP contribution in [0.2, 0.25) is 0 Å². The summed E-state index contributed by atoms with van der Waals surface area (Å²) in [6.07, 6.45) is 1.98. The van der Waals surface area contributed by atoms with Gasteiger partial charge in [0.25, 0.3) is 0 Å². The summed E-state index contributed by atoms with van der Waals surface area (Å²) in [5.41, 5.74) is 3.49. The Morgan fingerprint density at radius 3 is 1.34 bits per heavy atom. The van der Waals surface area contributed by atoms with E-state index in [4.69, 9.17) is 0 Å². The standard InChI is InChI=1S/C35H26F6/c1-23-4-2-6-24(7-3-5-23)25-8-10-26(11-9-25)27-12-14-28(15-13-27)29-16-18-30(19-17-29)31-20-32(34(36,37)38)22-33(21-31)35(39,40)41/h2-4,6-23H,5H2,1H3/b4-2-,7-3+,24-6+. The number of benzene rings is 4. The highest BCUT2D eigenvalue weighted by molar-refractivity contribution is 5.78. The Bertz CT molecular complexity index is 1570. The van der Waals surface area contributed by atoms with Crippen LogP contribution in [0.25, 0.3) is 39.0 Å². The molecule has 1 atom stereocenters. The van der Waals surface area contributed by atoms with Crippen LogP contribution in [0.1, 0.15) is 30.0 Å². The van der Waals surface area contributed by atoms with E-state index >= 15 is 0 Å². The third-order valence-corrected chi connectivity index (χ3v) is 7.10. The van der Waals surface area contributed by atoms with Gasteiger partial charge in [-0.05, 0) is 75.1 Å². The molecule has 0 N–H and O–H groups in total. The van der Waals surface area contributed by atoms with Crippen molar-refractivity contribution in [2.45, 2.75) is 25.7 Å². The second-order valence-corrected chi connectivity index (χ2v) is 10.1. The lowest BCUT2D eigenvalue weighted by atomic mass is 9.95. The highest BCUT2D eigenvalue weighted by Gasteiger charge is 2.37. The van der Waals surface area contributed by atoms with Crippen molar-refractivity contribution in [1.82, 2.24) is 0 Å². The summed E-state index contributed by atoms with van der Waals surface area (Å²) in [6.45, 7) is 2.19. The molecule has 0 aromatic heterocycles. The van der Waals surface area contributed by atoms with Crippen LogP contribution in [-0.4, -0.2) is 0 Å². The van der Waals surface area contributed by atoms with Crippen LogP contribution in [0.4, 0.5) is 26.3 Å². The lowest BCUT2D eigenvalue weighted by Crippen LogP contribution is -2.11. The molecule has 0 bridgehead atoms. The summed E-state index contributed by atoms with van der Waals surface area (Å²) in [5.74, 6) is 0.522. The largest absolute Gasteiger partial charge is 0.416 e. The first kappa shape index (κ1) is 28.2. The fourth-order valence-corrected chi connectivity index (χ4v) is 4.77. The van der Waals surface area contributed by atoms with Crippen LogP contribution in [0, 0.1) is 5.92 Å². The van der Waals surface area contributed by atoms with E-state index in [9.17, 15) is 26.3 Å². The average Bonchev–Trinajstić information content (AvgIpc) is 2.94. The zero-order valence-electron chi connectivity index (χ0n) is 22.1. The Kier molecular flexibility index (Phi) is 7.76. The molecule has 0 heterocycles. The molecule has 0 radical (unpaired) electrons. The molecule has 0 spiro atoms. The van der Waals surface area contributed by atoms with E-state index in [2.05, 4.69) is 61.6 Å². The maximum absolute atomic E-state index is 13.3. The zero-order valence-corrected chi connectivity index (χ0v) is 22.1. The smallest absolute Gasteiger partial charge is 0.166 e. The maximum Gasteiger partial charge on any atom is 0.416 e. The van der Waals surface area contributed by atoms with Crippen molar-refractivity contribution in [3.63, 3.8) is 0 Å². The first-order valence-electron chi connectivity index (χ1n) is 13.1. The van der Waals surface area contributed by atoms with Gasteiger partial charge < -0.3 is 0 Å². The van der Waals surface area contributed by atoms with Gasteiger partial charge in [0.1, 0.15) is 0 Å². The van der Waals surface area contributed by atoms with E-state index in [1.165, 1.54) is 12.1 Å². The Morgan fingerprint density at radius 2 is 0.927 bits per heavy atom. The Labute approximate surface area is 235 Å². The van der Waals surface area contributed by atoms with Crippen molar-refractivity contribution < 1.29 is 26.3 Å². The van der Waals surface area contributed by atoms with E-state index in [1.807, 2.05) is 24.3 Å². The van der Waals surface area contributed by atoms with Gasteiger partial charge in [0.2, 0.25) is 0 Å². The minimum atomic E-state index is -4.89. The highest BCUT2D eigenvalue weighted by Crippen LogP contribution is 2.39. The SMILES string of the molecule is CC1\C=C/C=C(c2ccc(-c3ccc(-c4ccc(-c5cc(C(F)(F)F)cc(C(F)(F)F)c5)cc4)cc3)cc2)\C=C\C1. The number of alkyl halides is 6. The van der Waals surface area contributed by atoms with E-state index < -0.39 is 23.5 Å². The van der Waals surface area contributed by atoms with Crippen molar-refractivity contribution in [2.24, 2.45) is 5.92 Å². The van der Waals surface area contributed by atoms with Gasteiger partial charge in [0.05, 0.1) is 11.1 Å². The fraction of sp³-hybridized carbons (Fsp3) is 0.143. The van der Waals surface area contributed by atoms with Crippen molar-refractivity contribution in [3.05, 3.63) is 138 Å². The first-order chi connectivity index (χ1) is 19.5. The molecular formula is C35H26F6. The summed E-state index contributed by atoms with van der Waals surface area (Å²) < 4.78 is 79.6. The van der Waals surface area contributed by atoms with Crippen molar-refractivity contribution in [2.75, 3.05) is 0 Å². The maximum atomic E-state index is 13.3. The van der Waals surface area contributed by atoms with Crippen molar-refractivity contribution in [3.8, 4) is 33.4 Å². The van der Waals surface area contributed by atoms with Crippen LogP contribution < -0.4 is 0 Å². The third kappa shape index (κ3) is 6.71. The quantitative estimate of drug-likeness (QED) is 0.218. The normalized spacial score (nSPS) is 18.6. The molecule has 0 aliphatic heterocycles. The molecule has 208 valence electrons. The van der Waals surface area contributed by atoms with Gasteiger partial charge in [-0.25, -0.2) is 0 Å². The van der Waals surface area contributed by atoms with Gasteiger partial charge in [0.15, 0.2) is 0 Å². The predicted molar refractivity (Wildman–Crippen MR) is 153 cm³/mol. The van der Waals surface area contributed by atoms with E-state index in [0.29, 0.717) is 5.92 Å². The molecule has 4 aromatic rings. The molecule has 4 aromatic carbocycles.